The van der Waals surface area contributed by atoms with Crippen molar-refractivity contribution in [2.75, 3.05) is 7.11 Å². The molecule has 2 aromatic rings. The number of methoxy groups -OCH3 is 1. The molecular weight excluding hydrogens is 206 g/mol. The average Bonchev–Trinajstić information content (AvgIpc) is 2.78. The van der Waals surface area contributed by atoms with Crippen LogP contribution in [0.4, 0.5) is 0 Å². The first-order valence-electron chi connectivity index (χ1n) is 4.75. The fraction of sp³-hybridized carbons (Fsp3) is 0.0833. The van der Waals surface area contributed by atoms with Crippen LogP contribution >= 0.6 is 0 Å². The van der Waals surface area contributed by atoms with E-state index in [4.69, 9.17) is 14.4 Å². The van der Waals surface area contributed by atoms with Gasteiger partial charge in [-0.2, -0.15) is 0 Å². The summed E-state index contributed by atoms with van der Waals surface area (Å²) in [5.41, 5.74) is 0.943. The Hall–Kier alpha value is -2.23. The lowest BCUT2D eigenvalue weighted by molar-refractivity contribution is 0.321. The molecule has 16 heavy (non-hydrogen) atoms. The summed E-state index contributed by atoms with van der Waals surface area (Å²) in [6, 6.07) is 11.1. The van der Waals surface area contributed by atoms with Crippen molar-refractivity contribution in [1.82, 2.24) is 0 Å². The molecule has 0 fully saturated rings. The smallest absolute Gasteiger partial charge is 0.149 e. The topological polar surface area (TPSA) is 55.0 Å². The number of benzene rings is 1. The first kappa shape index (κ1) is 10.3. The minimum atomic E-state index is 0.508. The minimum Gasteiger partial charge on any atom is -0.497 e. The lowest BCUT2D eigenvalue weighted by atomic mass is 10.2. The molecule has 0 bridgehead atoms. The maximum Gasteiger partial charge on any atom is 0.149 e. The maximum atomic E-state index is 8.36. The third-order valence-electron chi connectivity index (χ3n) is 2.19. The van der Waals surface area contributed by atoms with E-state index in [0.29, 0.717) is 5.76 Å². The third kappa shape index (κ3) is 2.06. The van der Waals surface area contributed by atoms with Crippen molar-refractivity contribution in [3.05, 3.63) is 42.2 Å². The number of hydrogen-bond acceptors (Lipinski definition) is 4. The summed E-state index contributed by atoms with van der Waals surface area (Å²) in [5, 5.41) is 11.3. The molecule has 82 valence electrons. The Balaban J connectivity index is 2.27. The molecule has 2 rings (SSSR count). The van der Waals surface area contributed by atoms with Gasteiger partial charge in [0.2, 0.25) is 0 Å². The van der Waals surface area contributed by atoms with Crippen LogP contribution in [0.5, 0.6) is 5.75 Å². The van der Waals surface area contributed by atoms with Gasteiger partial charge in [0.25, 0.3) is 0 Å². The Morgan fingerprint density at radius 2 is 1.94 bits per heavy atom. The van der Waals surface area contributed by atoms with E-state index in [0.717, 1.165) is 17.1 Å². The lowest BCUT2D eigenvalue weighted by Gasteiger charge is -2.00. The highest BCUT2D eigenvalue weighted by Crippen LogP contribution is 2.23. The predicted octanol–water partition coefficient (Wildman–Crippen LogP) is 2.76. The summed E-state index contributed by atoms with van der Waals surface area (Å²) in [6.07, 6.45) is 1.24. The Morgan fingerprint density at radius 3 is 2.56 bits per heavy atom. The SMILES string of the molecule is COc1ccc(-c2ccc(C=NO)o2)cc1. The number of oxime groups is 1. The van der Waals surface area contributed by atoms with Gasteiger partial charge in [-0.3, -0.25) is 0 Å². The highest BCUT2D eigenvalue weighted by Gasteiger charge is 2.03. The Kier molecular flexibility index (Phi) is 2.91. The predicted molar refractivity (Wildman–Crippen MR) is 60.1 cm³/mol. The molecule has 1 aromatic carbocycles. The second-order valence-corrected chi connectivity index (χ2v) is 3.18. The summed E-state index contributed by atoms with van der Waals surface area (Å²) in [5.74, 6) is 2.03. The molecule has 0 saturated heterocycles. The van der Waals surface area contributed by atoms with E-state index in [9.17, 15) is 0 Å². The normalized spacial score (nSPS) is 10.8. The van der Waals surface area contributed by atoms with Gasteiger partial charge in [-0.1, -0.05) is 5.16 Å². The van der Waals surface area contributed by atoms with E-state index in [1.165, 1.54) is 6.21 Å². The zero-order valence-electron chi connectivity index (χ0n) is 8.75. The van der Waals surface area contributed by atoms with Crippen molar-refractivity contribution in [3.8, 4) is 17.1 Å². The number of furan rings is 1. The molecule has 0 spiro atoms. The van der Waals surface area contributed by atoms with Crippen LogP contribution in [0.15, 0.2) is 46.0 Å². The molecule has 0 aliphatic heterocycles. The van der Waals surface area contributed by atoms with Crippen LogP contribution in [-0.2, 0) is 0 Å². The molecule has 1 heterocycles. The molecule has 4 heteroatoms. The Labute approximate surface area is 92.8 Å². The van der Waals surface area contributed by atoms with Gasteiger partial charge in [0.05, 0.1) is 7.11 Å². The number of ether oxygens (including phenoxy) is 1. The largest absolute Gasteiger partial charge is 0.497 e. The quantitative estimate of drug-likeness (QED) is 0.488. The molecule has 0 aliphatic rings. The maximum absolute atomic E-state index is 8.36. The van der Waals surface area contributed by atoms with Crippen molar-refractivity contribution < 1.29 is 14.4 Å². The van der Waals surface area contributed by atoms with Gasteiger partial charge in [-0.05, 0) is 36.4 Å². The van der Waals surface area contributed by atoms with E-state index in [1.807, 2.05) is 30.3 Å². The van der Waals surface area contributed by atoms with Crippen LogP contribution in [0.3, 0.4) is 0 Å². The van der Waals surface area contributed by atoms with Crippen molar-refractivity contribution in [2.45, 2.75) is 0 Å². The summed E-state index contributed by atoms with van der Waals surface area (Å²) in [7, 11) is 1.62. The van der Waals surface area contributed by atoms with E-state index in [2.05, 4.69) is 5.16 Å². The molecule has 0 saturated carbocycles. The Bertz CT molecular complexity index is 485. The summed E-state index contributed by atoms with van der Waals surface area (Å²) < 4.78 is 10.5. The second kappa shape index (κ2) is 4.53. The molecule has 0 amide bonds. The molecule has 0 radical (unpaired) electrons. The van der Waals surface area contributed by atoms with Crippen molar-refractivity contribution in [1.29, 1.82) is 0 Å². The molecular formula is C12H11NO3. The number of nitrogens with zero attached hydrogens (tertiary/aromatic N) is 1. The zero-order chi connectivity index (χ0) is 11.4. The van der Waals surface area contributed by atoms with Crippen LogP contribution in [0.1, 0.15) is 5.76 Å². The van der Waals surface area contributed by atoms with E-state index < -0.39 is 0 Å². The van der Waals surface area contributed by atoms with E-state index in [1.54, 1.807) is 13.2 Å². The lowest BCUT2D eigenvalue weighted by Crippen LogP contribution is -1.81. The first-order chi connectivity index (χ1) is 7.83. The van der Waals surface area contributed by atoms with E-state index in [-0.39, 0.29) is 0 Å². The van der Waals surface area contributed by atoms with Gasteiger partial charge in [0.15, 0.2) is 0 Å². The highest BCUT2D eigenvalue weighted by molar-refractivity contribution is 5.76. The minimum absolute atomic E-state index is 0.508. The van der Waals surface area contributed by atoms with Gasteiger partial charge in [-0.15, -0.1) is 0 Å². The fourth-order valence-corrected chi connectivity index (χ4v) is 1.39. The summed E-state index contributed by atoms with van der Waals surface area (Å²) in [6.45, 7) is 0. The Morgan fingerprint density at radius 1 is 1.19 bits per heavy atom. The average molecular weight is 217 g/mol. The van der Waals surface area contributed by atoms with Crippen LogP contribution in [0.2, 0.25) is 0 Å². The van der Waals surface area contributed by atoms with Crippen LogP contribution in [-0.4, -0.2) is 18.5 Å². The number of rotatable bonds is 3. The van der Waals surface area contributed by atoms with Gasteiger partial charge in [0.1, 0.15) is 23.5 Å². The molecule has 1 N–H and O–H groups in total. The monoisotopic (exact) mass is 217 g/mol. The fourth-order valence-electron chi connectivity index (χ4n) is 1.39. The van der Waals surface area contributed by atoms with Gasteiger partial charge in [0, 0.05) is 5.56 Å². The number of hydrogen-bond donors (Lipinski definition) is 1. The van der Waals surface area contributed by atoms with Gasteiger partial charge < -0.3 is 14.4 Å². The zero-order valence-corrected chi connectivity index (χ0v) is 8.75. The first-order valence-corrected chi connectivity index (χ1v) is 4.75. The molecule has 4 nitrogen and oxygen atoms in total. The second-order valence-electron chi connectivity index (χ2n) is 3.18. The third-order valence-corrected chi connectivity index (χ3v) is 2.19. The standard InChI is InChI=1S/C12H11NO3/c1-15-10-4-2-9(3-5-10)12-7-6-11(16-12)8-13-14/h2-8,14H,1H3. The highest BCUT2D eigenvalue weighted by atomic mass is 16.5. The van der Waals surface area contributed by atoms with Crippen molar-refractivity contribution in [2.24, 2.45) is 5.16 Å². The summed E-state index contributed by atoms with van der Waals surface area (Å²) >= 11 is 0. The van der Waals surface area contributed by atoms with E-state index >= 15 is 0 Å². The molecule has 1 aromatic heterocycles. The van der Waals surface area contributed by atoms with Crippen LogP contribution in [0.25, 0.3) is 11.3 Å². The van der Waals surface area contributed by atoms with Crippen LogP contribution in [0, 0.1) is 0 Å². The van der Waals surface area contributed by atoms with Crippen molar-refractivity contribution >= 4 is 6.21 Å². The van der Waals surface area contributed by atoms with Gasteiger partial charge in [-0.25, -0.2) is 0 Å². The summed E-state index contributed by atoms with van der Waals surface area (Å²) in [4.78, 5) is 0. The van der Waals surface area contributed by atoms with Gasteiger partial charge >= 0.3 is 0 Å². The molecule has 0 unspecified atom stereocenters. The van der Waals surface area contributed by atoms with Crippen molar-refractivity contribution in [3.63, 3.8) is 0 Å². The molecule has 0 atom stereocenters. The van der Waals surface area contributed by atoms with Crippen LogP contribution < -0.4 is 4.74 Å². The molecule has 0 aliphatic carbocycles.